The van der Waals surface area contributed by atoms with Crippen molar-refractivity contribution in [1.82, 2.24) is 9.47 Å². The lowest BCUT2D eigenvalue weighted by Gasteiger charge is -2.32. The third-order valence-corrected chi connectivity index (χ3v) is 4.03. The summed E-state index contributed by atoms with van der Waals surface area (Å²) < 4.78 is 2.47. The lowest BCUT2D eigenvalue weighted by Crippen LogP contribution is -2.34. The van der Waals surface area contributed by atoms with E-state index in [0.717, 1.165) is 0 Å². The lowest BCUT2D eigenvalue weighted by atomic mass is 10.0. The number of para-hydroxylation sites is 1. The first-order chi connectivity index (χ1) is 8.38. The van der Waals surface area contributed by atoms with E-state index in [9.17, 15) is 0 Å². The standard InChI is InChI=1S/C15H20N2/c1-2-16-10-8-14(9-11-16)17-12-7-13-5-3-4-6-15(13)17/h3-7,12,14H,2,8-11H2,1H3. The van der Waals surface area contributed by atoms with Gasteiger partial charge in [0.1, 0.15) is 0 Å². The van der Waals surface area contributed by atoms with Crippen molar-refractivity contribution in [1.29, 1.82) is 0 Å². The Hall–Kier alpha value is -1.28. The maximum absolute atomic E-state index is 2.54. The van der Waals surface area contributed by atoms with Gasteiger partial charge >= 0.3 is 0 Å². The minimum Gasteiger partial charge on any atom is -0.344 e. The molecule has 0 radical (unpaired) electrons. The van der Waals surface area contributed by atoms with Crippen molar-refractivity contribution in [2.75, 3.05) is 19.6 Å². The predicted octanol–water partition coefficient (Wildman–Crippen LogP) is 3.30. The summed E-state index contributed by atoms with van der Waals surface area (Å²) in [5.74, 6) is 0. The molecule has 17 heavy (non-hydrogen) atoms. The third kappa shape index (κ3) is 1.98. The molecule has 0 spiro atoms. The minimum absolute atomic E-state index is 0.692. The highest BCUT2D eigenvalue weighted by molar-refractivity contribution is 5.80. The van der Waals surface area contributed by atoms with Gasteiger partial charge in [-0.1, -0.05) is 25.1 Å². The summed E-state index contributed by atoms with van der Waals surface area (Å²) in [5.41, 5.74) is 1.39. The molecule has 2 heterocycles. The molecule has 90 valence electrons. The van der Waals surface area contributed by atoms with E-state index in [-0.39, 0.29) is 0 Å². The average molecular weight is 228 g/mol. The monoisotopic (exact) mass is 228 g/mol. The number of fused-ring (bicyclic) bond motifs is 1. The Bertz CT molecular complexity index is 492. The quantitative estimate of drug-likeness (QED) is 0.765. The van der Waals surface area contributed by atoms with Gasteiger partial charge in [0, 0.05) is 30.8 Å². The molecule has 0 amide bonds. The van der Waals surface area contributed by atoms with Crippen molar-refractivity contribution in [2.45, 2.75) is 25.8 Å². The Labute approximate surface area is 103 Å². The number of aromatic nitrogens is 1. The summed E-state index contributed by atoms with van der Waals surface area (Å²) in [5, 5.41) is 1.37. The van der Waals surface area contributed by atoms with Gasteiger partial charge in [-0.25, -0.2) is 0 Å². The second-order valence-electron chi connectivity index (χ2n) is 4.95. The van der Waals surface area contributed by atoms with Crippen LogP contribution in [0.4, 0.5) is 0 Å². The van der Waals surface area contributed by atoms with Crippen LogP contribution < -0.4 is 0 Å². The first-order valence-electron chi connectivity index (χ1n) is 6.66. The van der Waals surface area contributed by atoms with E-state index in [2.05, 4.69) is 52.9 Å². The highest BCUT2D eigenvalue weighted by Gasteiger charge is 2.19. The van der Waals surface area contributed by atoms with Crippen LogP contribution in [0, 0.1) is 0 Å². The molecule has 1 aromatic heterocycles. The van der Waals surface area contributed by atoms with Crippen LogP contribution in [-0.2, 0) is 0 Å². The summed E-state index contributed by atoms with van der Waals surface area (Å²) in [6, 6.07) is 11.6. The number of hydrogen-bond donors (Lipinski definition) is 0. The molecule has 0 aliphatic carbocycles. The summed E-state index contributed by atoms with van der Waals surface area (Å²) in [6.45, 7) is 5.94. The zero-order valence-corrected chi connectivity index (χ0v) is 10.5. The fourth-order valence-electron chi connectivity index (χ4n) is 2.94. The number of nitrogens with zero attached hydrogens (tertiary/aromatic N) is 2. The van der Waals surface area contributed by atoms with Crippen LogP contribution in [0.3, 0.4) is 0 Å². The maximum Gasteiger partial charge on any atom is 0.0482 e. The van der Waals surface area contributed by atoms with E-state index in [0.29, 0.717) is 6.04 Å². The van der Waals surface area contributed by atoms with E-state index < -0.39 is 0 Å². The van der Waals surface area contributed by atoms with Crippen LogP contribution in [0.2, 0.25) is 0 Å². The smallest absolute Gasteiger partial charge is 0.0482 e. The lowest BCUT2D eigenvalue weighted by molar-refractivity contribution is 0.197. The van der Waals surface area contributed by atoms with Crippen LogP contribution in [0.25, 0.3) is 10.9 Å². The molecular formula is C15H20N2. The fourth-order valence-corrected chi connectivity index (χ4v) is 2.94. The van der Waals surface area contributed by atoms with E-state index in [1.807, 2.05) is 0 Å². The zero-order valence-electron chi connectivity index (χ0n) is 10.5. The van der Waals surface area contributed by atoms with Crippen LogP contribution in [0.15, 0.2) is 36.5 Å². The van der Waals surface area contributed by atoms with Gasteiger partial charge in [-0.3, -0.25) is 0 Å². The number of likely N-dealkylation sites (tertiary alicyclic amines) is 1. The summed E-state index contributed by atoms with van der Waals surface area (Å²) >= 11 is 0. The number of piperidine rings is 1. The molecular weight excluding hydrogens is 208 g/mol. The summed E-state index contributed by atoms with van der Waals surface area (Å²) in [6.07, 6.45) is 4.83. The molecule has 1 saturated heterocycles. The summed E-state index contributed by atoms with van der Waals surface area (Å²) in [7, 11) is 0. The van der Waals surface area contributed by atoms with E-state index in [1.54, 1.807) is 0 Å². The molecule has 2 aromatic rings. The normalized spacial score (nSPS) is 18.9. The average Bonchev–Trinajstić information content (AvgIpc) is 2.83. The largest absolute Gasteiger partial charge is 0.344 e. The molecule has 1 fully saturated rings. The van der Waals surface area contributed by atoms with Crippen molar-refractivity contribution < 1.29 is 0 Å². The van der Waals surface area contributed by atoms with Gasteiger partial charge < -0.3 is 9.47 Å². The first-order valence-corrected chi connectivity index (χ1v) is 6.66. The Morgan fingerprint density at radius 3 is 2.65 bits per heavy atom. The highest BCUT2D eigenvalue weighted by Crippen LogP contribution is 2.27. The second-order valence-corrected chi connectivity index (χ2v) is 4.95. The maximum atomic E-state index is 2.54. The Morgan fingerprint density at radius 1 is 1.12 bits per heavy atom. The zero-order chi connectivity index (χ0) is 11.7. The van der Waals surface area contributed by atoms with E-state index >= 15 is 0 Å². The first kappa shape index (κ1) is 10.8. The van der Waals surface area contributed by atoms with Gasteiger partial charge in [0.15, 0.2) is 0 Å². The van der Waals surface area contributed by atoms with Crippen molar-refractivity contribution in [3.63, 3.8) is 0 Å². The molecule has 0 N–H and O–H groups in total. The third-order valence-electron chi connectivity index (χ3n) is 4.03. The van der Waals surface area contributed by atoms with Crippen LogP contribution in [0.5, 0.6) is 0 Å². The van der Waals surface area contributed by atoms with E-state index in [4.69, 9.17) is 0 Å². The molecule has 3 rings (SSSR count). The summed E-state index contributed by atoms with van der Waals surface area (Å²) in [4.78, 5) is 2.54. The number of rotatable bonds is 2. The van der Waals surface area contributed by atoms with Crippen LogP contribution in [-0.4, -0.2) is 29.1 Å². The van der Waals surface area contributed by atoms with Crippen LogP contribution in [0.1, 0.15) is 25.8 Å². The van der Waals surface area contributed by atoms with Crippen molar-refractivity contribution in [2.24, 2.45) is 0 Å². The highest BCUT2D eigenvalue weighted by atomic mass is 15.1. The molecule has 0 atom stereocenters. The van der Waals surface area contributed by atoms with Crippen molar-refractivity contribution in [3.05, 3.63) is 36.5 Å². The Morgan fingerprint density at radius 2 is 1.88 bits per heavy atom. The van der Waals surface area contributed by atoms with Gasteiger partial charge in [-0.2, -0.15) is 0 Å². The van der Waals surface area contributed by atoms with Gasteiger partial charge in [-0.15, -0.1) is 0 Å². The fraction of sp³-hybridized carbons (Fsp3) is 0.467. The Kier molecular flexibility index (Phi) is 2.89. The molecule has 2 nitrogen and oxygen atoms in total. The molecule has 1 aliphatic rings. The van der Waals surface area contributed by atoms with Gasteiger partial charge in [0.2, 0.25) is 0 Å². The van der Waals surface area contributed by atoms with Crippen molar-refractivity contribution >= 4 is 10.9 Å². The number of hydrogen-bond acceptors (Lipinski definition) is 1. The molecule has 1 aliphatic heterocycles. The predicted molar refractivity (Wildman–Crippen MR) is 72.3 cm³/mol. The van der Waals surface area contributed by atoms with Crippen LogP contribution >= 0.6 is 0 Å². The molecule has 0 saturated carbocycles. The number of benzene rings is 1. The molecule has 0 unspecified atom stereocenters. The van der Waals surface area contributed by atoms with Crippen molar-refractivity contribution in [3.8, 4) is 0 Å². The second kappa shape index (κ2) is 4.53. The molecule has 1 aromatic carbocycles. The van der Waals surface area contributed by atoms with Gasteiger partial charge in [0.25, 0.3) is 0 Å². The minimum atomic E-state index is 0.692. The molecule has 2 heteroatoms. The van der Waals surface area contributed by atoms with Gasteiger partial charge in [0.05, 0.1) is 0 Å². The van der Waals surface area contributed by atoms with E-state index in [1.165, 1.54) is 43.4 Å². The van der Waals surface area contributed by atoms with Gasteiger partial charge in [-0.05, 0) is 36.9 Å². The molecule has 0 bridgehead atoms. The SMILES string of the molecule is CCN1CCC(n2ccc3ccccc32)CC1. The topological polar surface area (TPSA) is 8.17 Å². The Balaban J connectivity index is 1.85.